The van der Waals surface area contributed by atoms with Gasteiger partial charge in [-0.05, 0) is 71.0 Å². The topological polar surface area (TPSA) is 106 Å². The molecule has 1 aromatic carbocycles. The fraction of sp³-hybridized carbons (Fsp3) is 0.286. The summed E-state index contributed by atoms with van der Waals surface area (Å²) in [6.07, 6.45) is 1.51. The van der Waals surface area contributed by atoms with Crippen molar-refractivity contribution in [3.63, 3.8) is 0 Å². The van der Waals surface area contributed by atoms with E-state index in [1.54, 1.807) is 37.6 Å². The van der Waals surface area contributed by atoms with Gasteiger partial charge in [-0.25, -0.2) is 22.8 Å². The molecule has 2 aromatic heterocycles. The van der Waals surface area contributed by atoms with Crippen molar-refractivity contribution in [1.29, 1.82) is 0 Å². The van der Waals surface area contributed by atoms with Gasteiger partial charge in [0.25, 0.3) is 5.91 Å². The lowest BCUT2D eigenvalue weighted by Crippen LogP contribution is -2.40. The summed E-state index contributed by atoms with van der Waals surface area (Å²) >= 11 is 6.10. The average Bonchev–Trinajstić information content (AvgIpc) is 2.98. The van der Waals surface area contributed by atoms with Crippen molar-refractivity contribution in [2.24, 2.45) is 0 Å². The molecule has 31 heavy (non-hydrogen) atoms. The number of carbonyl (C=O) groups is 1. The van der Waals surface area contributed by atoms with E-state index in [0.29, 0.717) is 11.5 Å². The first-order valence-corrected chi connectivity index (χ1v) is 11.4. The Hall–Kier alpha value is -2.75. The standard InChI is InChI=1S/C21H24ClN5O3S/c1-13-10-14(2)27(25-13)19-9-7-16(12-23-19)24-20(28)15-6-8-17(22)18(11-15)31(29,30)26-21(3,4)5/h6-12,26H,1-5H3,(H,24,28). The van der Waals surface area contributed by atoms with Crippen LogP contribution in [-0.2, 0) is 10.0 Å². The molecule has 0 aliphatic carbocycles. The Morgan fingerprint density at radius 3 is 2.35 bits per heavy atom. The number of nitrogens with one attached hydrogen (secondary N) is 2. The van der Waals surface area contributed by atoms with Crippen LogP contribution in [0.2, 0.25) is 5.02 Å². The Labute approximate surface area is 186 Å². The molecule has 8 nitrogen and oxygen atoms in total. The second-order valence-corrected chi connectivity index (χ2v) is 10.3. The Kier molecular flexibility index (Phi) is 6.22. The van der Waals surface area contributed by atoms with Crippen molar-refractivity contribution in [2.45, 2.75) is 45.1 Å². The van der Waals surface area contributed by atoms with Crippen molar-refractivity contribution in [3.05, 3.63) is 64.6 Å². The van der Waals surface area contributed by atoms with Crippen LogP contribution in [0.4, 0.5) is 5.69 Å². The number of hydrogen-bond donors (Lipinski definition) is 2. The number of halogens is 1. The number of anilines is 1. The molecule has 0 unspecified atom stereocenters. The number of nitrogens with zero attached hydrogens (tertiary/aromatic N) is 3. The van der Waals surface area contributed by atoms with Gasteiger partial charge in [0.15, 0.2) is 5.82 Å². The van der Waals surface area contributed by atoms with Gasteiger partial charge in [-0.3, -0.25) is 4.79 Å². The van der Waals surface area contributed by atoms with Crippen LogP contribution in [0.25, 0.3) is 5.82 Å². The zero-order valence-electron chi connectivity index (χ0n) is 17.9. The number of rotatable bonds is 5. The smallest absolute Gasteiger partial charge is 0.255 e. The van der Waals surface area contributed by atoms with Crippen LogP contribution in [0.5, 0.6) is 0 Å². The first-order chi connectivity index (χ1) is 14.4. The number of aryl methyl sites for hydroxylation is 2. The van der Waals surface area contributed by atoms with Crippen LogP contribution in [0, 0.1) is 13.8 Å². The third kappa shape index (κ3) is 5.49. The lowest BCUT2D eigenvalue weighted by Gasteiger charge is -2.21. The highest BCUT2D eigenvalue weighted by Crippen LogP contribution is 2.24. The molecule has 0 aliphatic rings. The summed E-state index contributed by atoms with van der Waals surface area (Å²) in [5.41, 5.74) is 1.75. The summed E-state index contributed by atoms with van der Waals surface area (Å²) in [5.74, 6) is 0.140. The van der Waals surface area contributed by atoms with E-state index in [0.717, 1.165) is 11.4 Å². The van der Waals surface area contributed by atoms with Crippen molar-refractivity contribution < 1.29 is 13.2 Å². The zero-order valence-corrected chi connectivity index (χ0v) is 19.5. The Morgan fingerprint density at radius 1 is 1.10 bits per heavy atom. The Balaban J connectivity index is 1.82. The maximum Gasteiger partial charge on any atom is 0.255 e. The Bertz CT molecular complexity index is 1230. The van der Waals surface area contributed by atoms with E-state index in [-0.39, 0.29) is 15.5 Å². The molecule has 0 saturated carbocycles. The van der Waals surface area contributed by atoms with Crippen LogP contribution < -0.4 is 10.0 Å². The van der Waals surface area contributed by atoms with Gasteiger partial charge in [-0.15, -0.1) is 0 Å². The van der Waals surface area contributed by atoms with Gasteiger partial charge < -0.3 is 5.32 Å². The summed E-state index contributed by atoms with van der Waals surface area (Å²) < 4.78 is 29.6. The first kappa shape index (κ1) is 22.9. The number of sulfonamides is 1. The molecule has 1 amide bonds. The number of pyridine rings is 1. The van der Waals surface area contributed by atoms with Gasteiger partial charge in [0.05, 0.1) is 22.6 Å². The molecular formula is C21H24ClN5O3S. The van der Waals surface area contributed by atoms with Gasteiger partial charge in [-0.1, -0.05) is 11.6 Å². The summed E-state index contributed by atoms with van der Waals surface area (Å²) in [6, 6.07) is 9.48. The molecule has 0 saturated heterocycles. The van der Waals surface area contributed by atoms with E-state index in [2.05, 4.69) is 20.1 Å². The highest BCUT2D eigenvalue weighted by molar-refractivity contribution is 7.89. The molecule has 10 heteroatoms. The third-order valence-electron chi connectivity index (χ3n) is 4.16. The summed E-state index contributed by atoms with van der Waals surface area (Å²) in [6.45, 7) is 8.99. The first-order valence-electron chi connectivity index (χ1n) is 9.50. The van der Waals surface area contributed by atoms with E-state index >= 15 is 0 Å². The number of benzene rings is 1. The van der Waals surface area contributed by atoms with Crippen molar-refractivity contribution in [3.8, 4) is 5.82 Å². The fourth-order valence-corrected chi connectivity index (χ4v) is 4.90. The van der Waals surface area contributed by atoms with Crippen molar-refractivity contribution in [2.75, 3.05) is 5.32 Å². The van der Waals surface area contributed by atoms with Gasteiger partial charge in [-0.2, -0.15) is 5.10 Å². The Morgan fingerprint density at radius 2 is 1.81 bits per heavy atom. The lowest BCUT2D eigenvalue weighted by atomic mass is 10.1. The predicted molar refractivity (Wildman–Crippen MR) is 120 cm³/mol. The number of aromatic nitrogens is 3. The van der Waals surface area contributed by atoms with Crippen molar-refractivity contribution in [1.82, 2.24) is 19.5 Å². The van der Waals surface area contributed by atoms with Gasteiger partial charge >= 0.3 is 0 Å². The monoisotopic (exact) mass is 461 g/mol. The minimum Gasteiger partial charge on any atom is -0.321 e. The number of carbonyl (C=O) groups excluding carboxylic acids is 1. The molecule has 3 aromatic rings. The second-order valence-electron chi connectivity index (χ2n) is 8.20. The van der Waals surface area contributed by atoms with E-state index < -0.39 is 21.5 Å². The largest absolute Gasteiger partial charge is 0.321 e. The molecule has 2 N–H and O–H groups in total. The maximum absolute atomic E-state index is 12.7. The molecule has 3 rings (SSSR count). The van der Waals surface area contributed by atoms with Crippen LogP contribution in [-0.4, -0.2) is 34.6 Å². The molecule has 2 heterocycles. The van der Waals surface area contributed by atoms with Crippen molar-refractivity contribution >= 4 is 33.2 Å². The average molecular weight is 462 g/mol. The predicted octanol–water partition coefficient (Wildman–Crippen LogP) is 3.87. The summed E-state index contributed by atoms with van der Waals surface area (Å²) in [7, 11) is -3.90. The van der Waals surface area contributed by atoms with Gasteiger partial charge in [0, 0.05) is 16.8 Å². The maximum atomic E-state index is 12.7. The summed E-state index contributed by atoms with van der Waals surface area (Å²) in [4.78, 5) is 16.9. The molecule has 0 fully saturated rings. The third-order valence-corrected chi connectivity index (χ3v) is 6.40. The van der Waals surface area contributed by atoms with E-state index in [1.807, 2.05) is 19.9 Å². The zero-order chi connectivity index (χ0) is 23.0. The van der Waals surface area contributed by atoms with E-state index in [1.165, 1.54) is 24.4 Å². The molecular weight excluding hydrogens is 438 g/mol. The molecule has 0 spiro atoms. The minimum atomic E-state index is -3.90. The van der Waals surface area contributed by atoms with Crippen LogP contribution >= 0.6 is 11.6 Å². The molecule has 0 aliphatic heterocycles. The normalized spacial score (nSPS) is 12.1. The molecule has 0 atom stereocenters. The van der Waals surface area contributed by atoms with Crippen LogP contribution in [0.3, 0.4) is 0 Å². The quantitative estimate of drug-likeness (QED) is 0.600. The highest BCUT2D eigenvalue weighted by Gasteiger charge is 2.25. The van der Waals surface area contributed by atoms with Crippen LogP contribution in [0.1, 0.15) is 42.5 Å². The summed E-state index contributed by atoms with van der Waals surface area (Å²) in [5, 5.41) is 7.12. The fourth-order valence-electron chi connectivity index (χ4n) is 2.96. The van der Waals surface area contributed by atoms with Crippen LogP contribution in [0.15, 0.2) is 47.5 Å². The SMILES string of the molecule is Cc1cc(C)n(-c2ccc(NC(=O)c3ccc(Cl)c(S(=O)(=O)NC(C)(C)C)c3)cn2)n1. The molecule has 164 valence electrons. The number of amides is 1. The second kappa shape index (κ2) is 8.41. The van der Waals surface area contributed by atoms with Gasteiger partial charge in [0.1, 0.15) is 4.90 Å². The lowest BCUT2D eigenvalue weighted by molar-refractivity contribution is 0.102. The molecule has 0 radical (unpaired) electrons. The highest BCUT2D eigenvalue weighted by atomic mass is 35.5. The minimum absolute atomic E-state index is 0.0317. The van der Waals surface area contributed by atoms with Gasteiger partial charge in [0.2, 0.25) is 10.0 Å². The van der Waals surface area contributed by atoms with E-state index in [9.17, 15) is 13.2 Å². The van der Waals surface area contributed by atoms with E-state index in [4.69, 9.17) is 11.6 Å². The number of hydrogen-bond acceptors (Lipinski definition) is 5. The molecule has 0 bridgehead atoms.